The van der Waals surface area contributed by atoms with E-state index in [9.17, 15) is 4.79 Å². The Kier molecular flexibility index (Phi) is 2.92. The predicted octanol–water partition coefficient (Wildman–Crippen LogP) is -0.00510. The Balaban J connectivity index is 2.44. The highest BCUT2D eigenvalue weighted by atomic mass is 16.2. The maximum Gasteiger partial charge on any atom is 0.314 e. The predicted molar refractivity (Wildman–Crippen MR) is 47.8 cm³/mol. The molecule has 0 saturated carbocycles. The van der Waals surface area contributed by atoms with Crippen molar-refractivity contribution in [3.8, 4) is 0 Å². The van der Waals surface area contributed by atoms with Crippen LogP contribution in [0.2, 0.25) is 0 Å². The smallest absolute Gasteiger partial charge is 0.314 e. The summed E-state index contributed by atoms with van der Waals surface area (Å²) >= 11 is 0. The van der Waals surface area contributed by atoms with Crippen molar-refractivity contribution in [2.45, 2.75) is 19.4 Å². The first-order valence-electron chi connectivity index (χ1n) is 4.36. The second-order valence-corrected chi connectivity index (χ2v) is 3.44. The molecule has 0 spiro atoms. The summed E-state index contributed by atoms with van der Waals surface area (Å²) < 4.78 is 0. The Morgan fingerprint density at radius 2 is 2.42 bits per heavy atom. The average Bonchev–Trinajstić information content (AvgIpc) is 2.53. The number of nitrogens with two attached hydrogens (primary N) is 1. The molecule has 1 aliphatic rings. The van der Waals surface area contributed by atoms with Crippen LogP contribution in [0.5, 0.6) is 0 Å². The molecule has 1 heterocycles. The third-order valence-electron chi connectivity index (χ3n) is 2.74. The molecule has 1 rings (SSSR count). The quantitative estimate of drug-likeness (QED) is 0.614. The van der Waals surface area contributed by atoms with Gasteiger partial charge in [0.15, 0.2) is 0 Å². The minimum absolute atomic E-state index is 0.248. The van der Waals surface area contributed by atoms with Gasteiger partial charge in [0.1, 0.15) is 0 Å². The third-order valence-corrected chi connectivity index (χ3v) is 2.74. The Morgan fingerprint density at radius 1 is 1.75 bits per heavy atom. The second-order valence-electron chi connectivity index (χ2n) is 3.44. The summed E-state index contributed by atoms with van der Waals surface area (Å²) in [5.74, 6) is 0.558. The van der Waals surface area contributed by atoms with Crippen LogP contribution in [0.3, 0.4) is 0 Å². The van der Waals surface area contributed by atoms with E-state index in [0.717, 1.165) is 19.5 Å². The molecule has 1 aliphatic heterocycles. The first-order valence-corrected chi connectivity index (χ1v) is 4.36. The second kappa shape index (κ2) is 3.76. The molecule has 0 aromatic rings. The average molecular weight is 171 g/mol. The molecule has 12 heavy (non-hydrogen) atoms. The summed E-state index contributed by atoms with van der Waals surface area (Å²) in [5.41, 5.74) is 5.17. The van der Waals surface area contributed by atoms with Gasteiger partial charge in [0.05, 0.1) is 0 Å². The molecule has 70 valence electrons. The van der Waals surface area contributed by atoms with Gasteiger partial charge in [-0.25, -0.2) is 4.79 Å². The number of carbonyl (C=O) groups excluding carboxylic acids is 1. The minimum atomic E-state index is -0.339. The van der Waals surface area contributed by atoms with Crippen LogP contribution in [0.15, 0.2) is 0 Å². The van der Waals surface area contributed by atoms with Gasteiger partial charge in [-0.3, -0.25) is 0 Å². The van der Waals surface area contributed by atoms with Gasteiger partial charge in [0, 0.05) is 13.1 Å². The molecular weight excluding hydrogens is 154 g/mol. The first-order chi connectivity index (χ1) is 5.63. The number of carbonyl (C=O) groups is 1. The molecule has 2 unspecified atom stereocenters. The number of urea groups is 1. The Morgan fingerprint density at radius 3 is 2.83 bits per heavy atom. The van der Waals surface area contributed by atoms with Crippen LogP contribution >= 0.6 is 0 Å². The Bertz CT molecular complexity index is 166. The number of rotatable bonds is 2. The van der Waals surface area contributed by atoms with Gasteiger partial charge in [-0.05, 0) is 32.4 Å². The molecule has 1 saturated heterocycles. The minimum Gasteiger partial charge on any atom is -0.351 e. The summed E-state index contributed by atoms with van der Waals surface area (Å²) in [4.78, 5) is 12.4. The van der Waals surface area contributed by atoms with E-state index >= 15 is 0 Å². The third kappa shape index (κ3) is 1.88. The fourth-order valence-electron chi connectivity index (χ4n) is 1.61. The molecule has 0 radical (unpaired) electrons. The molecule has 0 aromatic carbocycles. The molecule has 4 nitrogen and oxygen atoms in total. The number of nitrogens with one attached hydrogen (secondary N) is 1. The Labute approximate surface area is 73.1 Å². The molecule has 1 fully saturated rings. The van der Waals surface area contributed by atoms with Crippen molar-refractivity contribution < 1.29 is 4.79 Å². The van der Waals surface area contributed by atoms with Crippen LogP contribution in [0.25, 0.3) is 0 Å². The number of amides is 2. The zero-order valence-electron chi connectivity index (χ0n) is 7.71. The molecule has 0 aromatic heterocycles. The molecular formula is C8H17N3O. The fourth-order valence-corrected chi connectivity index (χ4v) is 1.61. The van der Waals surface area contributed by atoms with Gasteiger partial charge in [0.25, 0.3) is 0 Å². The summed E-state index contributed by atoms with van der Waals surface area (Å²) in [6.07, 6.45) is 1.14. The van der Waals surface area contributed by atoms with E-state index in [0.29, 0.717) is 5.92 Å². The number of nitrogens with zero attached hydrogens (tertiary/aromatic N) is 1. The lowest BCUT2D eigenvalue weighted by Gasteiger charge is -2.27. The van der Waals surface area contributed by atoms with Crippen LogP contribution in [0.1, 0.15) is 13.3 Å². The van der Waals surface area contributed by atoms with Gasteiger partial charge in [-0.15, -0.1) is 0 Å². The summed E-state index contributed by atoms with van der Waals surface area (Å²) in [6.45, 7) is 4.10. The monoisotopic (exact) mass is 171 g/mol. The maximum absolute atomic E-state index is 10.8. The van der Waals surface area contributed by atoms with E-state index in [-0.39, 0.29) is 12.1 Å². The van der Waals surface area contributed by atoms with Crippen LogP contribution < -0.4 is 11.1 Å². The Hall–Kier alpha value is -0.770. The lowest BCUT2D eigenvalue weighted by molar-refractivity contribution is 0.185. The van der Waals surface area contributed by atoms with Crippen molar-refractivity contribution in [3.05, 3.63) is 0 Å². The molecule has 3 N–H and O–H groups in total. The van der Waals surface area contributed by atoms with Gasteiger partial charge < -0.3 is 16.0 Å². The zero-order valence-corrected chi connectivity index (χ0v) is 7.71. The van der Waals surface area contributed by atoms with Gasteiger partial charge in [0.2, 0.25) is 0 Å². The van der Waals surface area contributed by atoms with E-state index in [1.165, 1.54) is 0 Å². The summed E-state index contributed by atoms with van der Waals surface area (Å²) in [5, 5.41) is 3.27. The molecule has 2 amide bonds. The fraction of sp³-hybridized carbons (Fsp3) is 0.875. The lowest BCUT2D eigenvalue weighted by atomic mass is 10.00. The van der Waals surface area contributed by atoms with Crippen molar-refractivity contribution in [1.29, 1.82) is 0 Å². The van der Waals surface area contributed by atoms with Gasteiger partial charge in [-0.2, -0.15) is 0 Å². The zero-order chi connectivity index (χ0) is 9.14. The number of primary amides is 1. The highest BCUT2D eigenvalue weighted by Gasteiger charge is 2.25. The van der Waals surface area contributed by atoms with Crippen LogP contribution in [-0.4, -0.2) is 37.1 Å². The van der Waals surface area contributed by atoms with E-state index in [1.54, 1.807) is 11.9 Å². The van der Waals surface area contributed by atoms with E-state index in [1.807, 2.05) is 6.92 Å². The maximum atomic E-state index is 10.8. The van der Waals surface area contributed by atoms with Gasteiger partial charge in [-0.1, -0.05) is 0 Å². The van der Waals surface area contributed by atoms with Crippen LogP contribution in [0, 0.1) is 5.92 Å². The summed E-state index contributed by atoms with van der Waals surface area (Å²) in [7, 11) is 1.76. The van der Waals surface area contributed by atoms with Crippen molar-refractivity contribution in [3.63, 3.8) is 0 Å². The first kappa shape index (κ1) is 9.32. The topological polar surface area (TPSA) is 58.4 Å². The standard InChI is InChI=1S/C8H17N3O/c1-6(11(2)8(9)12)7-3-4-10-5-7/h6-7,10H,3-5H2,1-2H3,(H2,9,12). The molecule has 0 aliphatic carbocycles. The summed E-state index contributed by atoms with van der Waals surface area (Å²) in [6, 6.07) is -0.0908. The van der Waals surface area contributed by atoms with E-state index in [2.05, 4.69) is 5.32 Å². The molecule has 0 bridgehead atoms. The molecule has 2 atom stereocenters. The van der Waals surface area contributed by atoms with E-state index < -0.39 is 0 Å². The SMILES string of the molecule is CC(C1CCNC1)N(C)C(N)=O. The largest absolute Gasteiger partial charge is 0.351 e. The highest BCUT2D eigenvalue weighted by Crippen LogP contribution is 2.16. The van der Waals surface area contributed by atoms with E-state index in [4.69, 9.17) is 5.73 Å². The van der Waals surface area contributed by atoms with Crippen molar-refractivity contribution in [2.24, 2.45) is 11.7 Å². The lowest BCUT2D eigenvalue weighted by Crippen LogP contribution is -2.43. The van der Waals surface area contributed by atoms with Crippen molar-refractivity contribution in [1.82, 2.24) is 10.2 Å². The number of hydrogen-bond acceptors (Lipinski definition) is 2. The van der Waals surface area contributed by atoms with Crippen LogP contribution in [-0.2, 0) is 0 Å². The van der Waals surface area contributed by atoms with Crippen molar-refractivity contribution in [2.75, 3.05) is 20.1 Å². The normalized spacial score (nSPS) is 25.3. The van der Waals surface area contributed by atoms with Gasteiger partial charge >= 0.3 is 6.03 Å². The molecule has 4 heteroatoms. The number of hydrogen-bond donors (Lipinski definition) is 2. The highest BCUT2D eigenvalue weighted by molar-refractivity contribution is 5.71. The van der Waals surface area contributed by atoms with Crippen molar-refractivity contribution >= 4 is 6.03 Å². The van der Waals surface area contributed by atoms with Crippen LogP contribution in [0.4, 0.5) is 4.79 Å².